The first-order valence-corrected chi connectivity index (χ1v) is 7.35. The third-order valence-corrected chi connectivity index (χ3v) is 3.83. The summed E-state index contributed by atoms with van der Waals surface area (Å²) in [6.45, 7) is 6.09. The van der Waals surface area contributed by atoms with Gasteiger partial charge >= 0.3 is 6.03 Å². The van der Waals surface area contributed by atoms with Gasteiger partial charge in [-0.2, -0.15) is 0 Å². The molecule has 21 heavy (non-hydrogen) atoms. The molecule has 0 aromatic heterocycles. The van der Waals surface area contributed by atoms with E-state index in [9.17, 15) is 4.79 Å². The van der Waals surface area contributed by atoms with Gasteiger partial charge in [0.25, 0.3) is 0 Å². The lowest BCUT2D eigenvalue weighted by Gasteiger charge is -2.13. The number of amides is 2. The van der Waals surface area contributed by atoms with E-state index >= 15 is 0 Å². The molecule has 2 aliphatic rings. The zero-order valence-corrected chi connectivity index (χ0v) is 12.0. The summed E-state index contributed by atoms with van der Waals surface area (Å²) in [7, 11) is 0. The highest BCUT2D eigenvalue weighted by Crippen LogP contribution is 2.40. The number of fused-ring (bicyclic) bond motifs is 2. The number of benzene rings is 1. The summed E-state index contributed by atoms with van der Waals surface area (Å²) in [4.78, 5) is 11.5. The number of nitrogens with one attached hydrogen (secondary N) is 2. The van der Waals surface area contributed by atoms with E-state index in [1.54, 1.807) is 6.08 Å². The Morgan fingerprint density at radius 3 is 3.00 bits per heavy atom. The van der Waals surface area contributed by atoms with Crippen LogP contribution >= 0.6 is 0 Å². The highest BCUT2D eigenvalue weighted by Gasteiger charge is 2.26. The molecule has 5 heteroatoms. The maximum Gasteiger partial charge on any atom is 0.315 e. The molecule has 0 radical (unpaired) electrons. The molecule has 2 amide bonds. The van der Waals surface area contributed by atoms with Crippen LogP contribution in [-0.2, 0) is 19.3 Å². The van der Waals surface area contributed by atoms with Gasteiger partial charge < -0.3 is 20.1 Å². The molecule has 0 saturated carbocycles. The minimum absolute atomic E-state index is 0.170. The monoisotopic (exact) mass is 288 g/mol. The summed E-state index contributed by atoms with van der Waals surface area (Å²) in [5.41, 5.74) is 3.66. The molecule has 1 aromatic carbocycles. The first-order chi connectivity index (χ1) is 10.3. The first kappa shape index (κ1) is 13.8. The molecule has 2 aliphatic heterocycles. The van der Waals surface area contributed by atoms with E-state index < -0.39 is 0 Å². The fourth-order valence-corrected chi connectivity index (χ4v) is 2.88. The molecule has 5 nitrogen and oxygen atoms in total. The molecular weight excluding hydrogens is 268 g/mol. The molecule has 0 spiro atoms. The Balaban J connectivity index is 1.68. The number of carbonyl (C=O) groups excluding carboxylic acids is 1. The molecule has 0 fully saturated rings. The van der Waals surface area contributed by atoms with Crippen molar-refractivity contribution in [1.29, 1.82) is 0 Å². The van der Waals surface area contributed by atoms with Crippen molar-refractivity contribution in [1.82, 2.24) is 10.6 Å². The van der Waals surface area contributed by atoms with E-state index in [1.165, 1.54) is 16.7 Å². The Labute approximate surface area is 124 Å². The highest BCUT2D eigenvalue weighted by molar-refractivity contribution is 5.74. The molecular formula is C16H20N2O3. The number of hydrogen-bond acceptors (Lipinski definition) is 3. The van der Waals surface area contributed by atoms with E-state index in [0.717, 1.165) is 44.0 Å². The number of rotatable bonds is 5. The van der Waals surface area contributed by atoms with Crippen LogP contribution in [0.1, 0.15) is 16.7 Å². The summed E-state index contributed by atoms with van der Waals surface area (Å²) in [6, 6.07) is 1.94. The van der Waals surface area contributed by atoms with Crippen LogP contribution in [-0.4, -0.2) is 32.3 Å². The van der Waals surface area contributed by atoms with Gasteiger partial charge in [-0.3, -0.25) is 0 Å². The van der Waals surface area contributed by atoms with Gasteiger partial charge in [0.1, 0.15) is 11.5 Å². The third kappa shape index (κ3) is 2.82. The van der Waals surface area contributed by atoms with Crippen molar-refractivity contribution in [3.05, 3.63) is 35.4 Å². The van der Waals surface area contributed by atoms with E-state index in [0.29, 0.717) is 13.1 Å². The molecule has 0 aliphatic carbocycles. The van der Waals surface area contributed by atoms with Crippen LogP contribution in [0, 0.1) is 0 Å². The molecule has 0 unspecified atom stereocenters. The number of ether oxygens (including phenoxy) is 2. The summed E-state index contributed by atoms with van der Waals surface area (Å²) in [6.07, 6.45) is 4.27. The zero-order valence-electron chi connectivity index (χ0n) is 12.0. The van der Waals surface area contributed by atoms with Crippen molar-refractivity contribution in [2.45, 2.75) is 19.3 Å². The van der Waals surface area contributed by atoms with Crippen LogP contribution in [0.25, 0.3) is 0 Å². The third-order valence-electron chi connectivity index (χ3n) is 3.83. The van der Waals surface area contributed by atoms with Gasteiger partial charge in [-0.15, -0.1) is 6.58 Å². The summed E-state index contributed by atoms with van der Waals surface area (Å²) >= 11 is 0. The highest BCUT2D eigenvalue weighted by atomic mass is 16.5. The number of carbonyl (C=O) groups is 1. The second kappa shape index (κ2) is 6.08. The Morgan fingerprint density at radius 2 is 2.14 bits per heavy atom. The molecule has 1 aromatic rings. The molecule has 0 bridgehead atoms. The fraction of sp³-hybridized carbons (Fsp3) is 0.438. The summed E-state index contributed by atoms with van der Waals surface area (Å²) < 4.78 is 11.5. The van der Waals surface area contributed by atoms with E-state index in [4.69, 9.17) is 9.47 Å². The van der Waals surface area contributed by atoms with Gasteiger partial charge in [0.2, 0.25) is 0 Å². The average molecular weight is 288 g/mol. The molecule has 0 saturated heterocycles. The van der Waals surface area contributed by atoms with Crippen LogP contribution < -0.4 is 20.1 Å². The van der Waals surface area contributed by atoms with E-state index in [-0.39, 0.29) is 6.03 Å². The standard InChI is InChI=1S/C16H20N2O3/c1-2-6-17-16(19)18-7-3-13-12-5-9-20-14(12)10-11-4-8-21-15(11)13/h2,10H,1,3-9H2,(H2,17,18,19). The van der Waals surface area contributed by atoms with Crippen molar-refractivity contribution in [3.8, 4) is 11.5 Å². The summed E-state index contributed by atoms with van der Waals surface area (Å²) in [5, 5.41) is 5.55. The number of urea groups is 1. The normalized spacial score (nSPS) is 14.7. The maximum atomic E-state index is 11.5. The van der Waals surface area contributed by atoms with Crippen molar-refractivity contribution >= 4 is 6.03 Å². The molecule has 2 heterocycles. The van der Waals surface area contributed by atoms with Crippen LogP contribution in [0.2, 0.25) is 0 Å². The molecule has 112 valence electrons. The van der Waals surface area contributed by atoms with Crippen LogP contribution in [0.5, 0.6) is 11.5 Å². The summed E-state index contributed by atoms with van der Waals surface area (Å²) in [5.74, 6) is 2.00. The van der Waals surface area contributed by atoms with Crippen LogP contribution in [0.4, 0.5) is 4.79 Å². The van der Waals surface area contributed by atoms with Crippen molar-refractivity contribution in [2.24, 2.45) is 0 Å². The zero-order chi connectivity index (χ0) is 14.7. The predicted molar refractivity (Wildman–Crippen MR) is 80.1 cm³/mol. The Hall–Kier alpha value is -2.17. The minimum Gasteiger partial charge on any atom is -0.493 e. The van der Waals surface area contributed by atoms with Crippen molar-refractivity contribution in [2.75, 3.05) is 26.3 Å². The SMILES string of the molecule is C=CCNC(=O)NCCc1c2c(cc3c1OCC3)OCC2. The van der Waals surface area contributed by atoms with Crippen LogP contribution in [0.3, 0.4) is 0 Å². The van der Waals surface area contributed by atoms with Gasteiger partial charge in [-0.1, -0.05) is 6.08 Å². The number of hydrogen-bond donors (Lipinski definition) is 2. The van der Waals surface area contributed by atoms with E-state index in [2.05, 4.69) is 23.3 Å². The lowest BCUT2D eigenvalue weighted by atomic mass is 9.97. The lowest BCUT2D eigenvalue weighted by Crippen LogP contribution is -2.36. The Kier molecular flexibility index (Phi) is 3.99. The van der Waals surface area contributed by atoms with Gasteiger partial charge in [-0.25, -0.2) is 4.79 Å². The molecule has 0 atom stereocenters. The minimum atomic E-state index is -0.170. The molecule has 3 rings (SSSR count). The molecule has 2 N–H and O–H groups in total. The van der Waals surface area contributed by atoms with Gasteiger partial charge in [0.05, 0.1) is 13.2 Å². The largest absolute Gasteiger partial charge is 0.493 e. The van der Waals surface area contributed by atoms with Gasteiger partial charge in [-0.05, 0) is 12.5 Å². The van der Waals surface area contributed by atoms with Crippen LogP contribution in [0.15, 0.2) is 18.7 Å². The Bertz CT molecular complexity index is 537. The topological polar surface area (TPSA) is 59.6 Å². The predicted octanol–water partition coefficient (Wildman–Crippen LogP) is 1.58. The Morgan fingerprint density at radius 1 is 1.29 bits per heavy atom. The van der Waals surface area contributed by atoms with E-state index in [1.807, 2.05) is 0 Å². The fourth-order valence-electron chi connectivity index (χ4n) is 2.88. The smallest absolute Gasteiger partial charge is 0.315 e. The lowest BCUT2D eigenvalue weighted by molar-refractivity contribution is 0.242. The van der Waals surface area contributed by atoms with Gasteiger partial charge in [0, 0.05) is 42.6 Å². The first-order valence-electron chi connectivity index (χ1n) is 7.35. The van der Waals surface area contributed by atoms with Crippen molar-refractivity contribution < 1.29 is 14.3 Å². The second-order valence-electron chi connectivity index (χ2n) is 5.19. The van der Waals surface area contributed by atoms with Gasteiger partial charge in [0.15, 0.2) is 0 Å². The average Bonchev–Trinajstić information content (AvgIpc) is 3.12. The second-order valence-corrected chi connectivity index (χ2v) is 5.19. The quantitative estimate of drug-likeness (QED) is 0.809. The van der Waals surface area contributed by atoms with Crippen molar-refractivity contribution in [3.63, 3.8) is 0 Å². The maximum absolute atomic E-state index is 11.5.